The standard InChI is InChI=1S/C10H14Br2O4/c1-10(2)15-7-5(4-6(11)12)14-9(13-3)8(7)16-10/h4-5,7-9H,1-3H3/t5-,7-,8-,9-/m1/s1. The van der Waals surface area contributed by atoms with Gasteiger partial charge in [-0.3, -0.25) is 0 Å². The molecule has 2 aliphatic heterocycles. The lowest BCUT2D eigenvalue weighted by Crippen LogP contribution is -2.30. The third-order valence-corrected chi connectivity index (χ3v) is 3.10. The first-order chi connectivity index (χ1) is 7.43. The Labute approximate surface area is 112 Å². The van der Waals surface area contributed by atoms with E-state index >= 15 is 0 Å². The minimum absolute atomic E-state index is 0.134. The summed E-state index contributed by atoms with van der Waals surface area (Å²) < 4.78 is 23.3. The molecular formula is C10H14Br2O4. The van der Waals surface area contributed by atoms with Crippen molar-refractivity contribution in [2.24, 2.45) is 0 Å². The summed E-state index contributed by atoms with van der Waals surface area (Å²) in [5.74, 6) is -0.583. The molecule has 6 heteroatoms. The number of fused-ring (bicyclic) bond motifs is 1. The SMILES string of the molecule is CO[C@@H]1O[C@H](C=C(Br)Br)[C@H]2OC(C)(C)O[C@@H]12. The quantitative estimate of drug-likeness (QED) is 0.760. The number of hydrogen-bond acceptors (Lipinski definition) is 4. The smallest absolute Gasteiger partial charge is 0.187 e. The van der Waals surface area contributed by atoms with Gasteiger partial charge in [-0.1, -0.05) is 0 Å². The first kappa shape index (κ1) is 13.0. The first-order valence-electron chi connectivity index (χ1n) is 4.99. The fraction of sp³-hybridized carbons (Fsp3) is 0.800. The van der Waals surface area contributed by atoms with Gasteiger partial charge in [-0.2, -0.15) is 0 Å². The molecule has 16 heavy (non-hydrogen) atoms. The Morgan fingerprint density at radius 2 is 1.88 bits per heavy atom. The molecule has 0 aromatic rings. The minimum Gasteiger partial charge on any atom is -0.353 e. The van der Waals surface area contributed by atoms with Crippen LogP contribution in [0.25, 0.3) is 0 Å². The molecule has 0 aromatic carbocycles. The van der Waals surface area contributed by atoms with Crippen molar-refractivity contribution in [3.05, 3.63) is 9.47 Å². The van der Waals surface area contributed by atoms with Crippen LogP contribution < -0.4 is 0 Å². The number of rotatable bonds is 2. The number of hydrogen-bond donors (Lipinski definition) is 0. The topological polar surface area (TPSA) is 36.9 Å². The van der Waals surface area contributed by atoms with Crippen LogP contribution in [0.3, 0.4) is 0 Å². The molecule has 2 rings (SSSR count). The second-order valence-corrected chi connectivity index (χ2v) is 7.00. The number of ether oxygens (including phenoxy) is 4. The summed E-state index contributed by atoms with van der Waals surface area (Å²) in [7, 11) is 1.60. The van der Waals surface area contributed by atoms with Crippen molar-refractivity contribution in [3.8, 4) is 0 Å². The second kappa shape index (κ2) is 4.66. The molecule has 0 radical (unpaired) electrons. The Hall–Kier alpha value is 0.540. The second-order valence-electron chi connectivity index (χ2n) is 4.23. The Balaban J connectivity index is 2.17. The van der Waals surface area contributed by atoms with Gasteiger partial charge in [-0.25, -0.2) is 0 Å². The largest absolute Gasteiger partial charge is 0.353 e. The summed E-state index contributed by atoms with van der Waals surface area (Å²) in [6, 6.07) is 0. The van der Waals surface area contributed by atoms with Crippen molar-refractivity contribution < 1.29 is 18.9 Å². The highest BCUT2D eigenvalue weighted by atomic mass is 79.9. The Morgan fingerprint density at radius 1 is 1.25 bits per heavy atom. The van der Waals surface area contributed by atoms with Gasteiger partial charge in [0.2, 0.25) is 0 Å². The highest BCUT2D eigenvalue weighted by Crippen LogP contribution is 2.40. The predicted molar refractivity (Wildman–Crippen MR) is 65.4 cm³/mol. The van der Waals surface area contributed by atoms with Crippen LogP contribution in [0, 0.1) is 0 Å². The van der Waals surface area contributed by atoms with Crippen LogP contribution in [0.15, 0.2) is 9.47 Å². The number of halogens is 2. The lowest BCUT2D eigenvalue weighted by atomic mass is 10.1. The molecule has 4 nitrogen and oxygen atoms in total. The highest BCUT2D eigenvalue weighted by Gasteiger charge is 2.54. The van der Waals surface area contributed by atoms with Crippen LogP contribution in [0.2, 0.25) is 0 Å². The van der Waals surface area contributed by atoms with E-state index in [1.165, 1.54) is 0 Å². The van der Waals surface area contributed by atoms with E-state index in [1.807, 2.05) is 19.9 Å². The summed E-state index contributed by atoms with van der Waals surface area (Å²) >= 11 is 6.62. The van der Waals surface area contributed by atoms with E-state index in [0.717, 1.165) is 3.39 Å². The molecule has 4 atom stereocenters. The number of methoxy groups -OCH3 is 1. The van der Waals surface area contributed by atoms with Crippen LogP contribution in [-0.4, -0.2) is 37.5 Å². The van der Waals surface area contributed by atoms with Crippen molar-refractivity contribution in [3.63, 3.8) is 0 Å². The molecule has 2 aliphatic rings. The van der Waals surface area contributed by atoms with E-state index in [9.17, 15) is 0 Å². The van der Waals surface area contributed by atoms with Gasteiger partial charge in [0, 0.05) is 7.11 Å². The summed E-state index contributed by atoms with van der Waals surface area (Å²) in [5.41, 5.74) is 0. The maximum absolute atomic E-state index is 5.80. The molecule has 0 amide bonds. The van der Waals surface area contributed by atoms with Crippen molar-refractivity contribution in [2.45, 2.75) is 44.2 Å². The van der Waals surface area contributed by atoms with Crippen molar-refractivity contribution in [1.82, 2.24) is 0 Å². The highest BCUT2D eigenvalue weighted by molar-refractivity contribution is 9.28. The molecule has 0 bridgehead atoms. The third-order valence-electron chi connectivity index (χ3n) is 2.57. The molecule has 2 fully saturated rings. The predicted octanol–water partition coefficient (Wildman–Crippen LogP) is 2.51. The van der Waals surface area contributed by atoms with Crippen molar-refractivity contribution in [1.29, 1.82) is 0 Å². The summed E-state index contributed by atoms with van der Waals surface area (Å²) in [6.45, 7) is 3.78. The Morgan fingerprint density at radius 3 is 2.44 bits per heavy atom. The summed E-state index contributed by atoms with van der Waals surface area (Å²) in [5, 5.41) is 0. The van der Waals surface area contributed by atoms with Gasteiger partial charge in [0.25, 0.3) is 0 Å². The molecule has 2 saturated heterocycles. The fourth-order valence-electron chi connectivity index (χ4n) is 2.04. The van der Waals surface area contributed by atoms with Crippen molar-refractivity contribution >= 4 is 31.9 Å². The van der Waals surface area contributed by atoms with E-state index in [2.05, 4.69) is 31.9 Å². The van der Waals surface area contributed by atoms with Gasteiger partial charge in [0.15, 0.2) is 12.1 Å². The lowest BCUT2D eigenvalue weighted by Gasteiger charge is -2.22. The van der Waals surface area contributed by atoms with Crippen LogP contribution in [-0.2, 0) is 18.9 Å². The van der Waals surface area contributed by atoms with Crippen molar-refractivity contribution in [2.75, 3.05) is 7.11 Å². The summed E-state index contributed by atoms with van der Waals surface area (Å²) in [6.07, 6.45) is 1.02. The Kier molecular flexibility index (Phi) is 3.78. The van der Waals surface area contributed by atoms with Gasteiger partial charge in [-0.05, 0) is 51.8 Å². The molecule has 2 heterocycles. The molecule has 0 N–H and O–H groups in total. The third kappa shape index (κ3) is 2.52. The maximum Gasteiger partial charge on any atom is 0.187 e. The molecule has 0 saturated carbocycles. The molecule has 0 unspecified atom stereocenters. The Bertz CT molecular complexity index is 301. The van der Waals surface area contributed by atoms with Gasteiger partial charge in [0.1, 0.15) is 18.3 Å². The molecule has 92 valence electrons. The van der Waals surface area contributed by atoms with Crippen LogP contribution in [0.4, 0.5) is 0 Å². The monoisotopic (exact) mass is 356 g/mol. The molecule has 0 aliphatic carbocycles. The van der Waals surface area contributed by atoms with E-state index in [0.29, 0.717) is 0 Å². The normalized spacial score (nSPS) is 40.8. The maximum atomic E-state index is 5.80. The average molecular weight is 358 g/mol. The first-order valence-corrected chi connectivity index (χ1v) is 6.58. The zero-order valence-electron chi connectivity index (χ0n) is 9.28. The van der Waals surface area contributed by atoms with Crippen LogP contribution >= 0.6 is 31.9 Å². The lowest BCUT2D eigenvalue weighted by molar-refractivity contribution is -0.221. The minimum atomic E-state index is -0.583. The molecule has 0 spiro atoms. The van der Waals surface area contributed by atoms with E-state index < -0.39 is 5.79 Å². The molecular weight excluding hydrogens is 344 g/mol. The van der Waals surface area contributed by atoms with Gasteiger partial charge < -0.3 is 18.9 Å². The van der Waals surface area contributed by atoms with Crippen LogP contribution in [0.1, 0.15) is 13.8 Å². The van der Waals surface area contributed by atoms with E-state index in [4.69, 9.17) is 18.9 Å². The fourth-order valence-corrected chi connectivity index (χ4v) is 2.56. The van der Waals surface area contributed by atoms with Gasteiger partial charge in [0.05, 0.1) is 3.39 Å². The van der Waals surface area contributed by atoms with Gasteiger partial charge >= 0.3 is 0 Å². The van der Waals surface area contributed by atoms with Gasteiger partial charge in [-0.15, -0.1) is 0 Å². The average Bonchev–Trinajstić information content (AvgIpc) is 2.60. The summed E-state index contributed by atoms with van der Waals surface area (Å²) in [4.78, 5) is 0. The van der Waals surface area contributed by atoms with E-state index in [-0.39, 0.29) is 24.6 Å². The zero-order chi connectivity index (χ0) is 11.9. The van der Waals surface area contributed by atoms with Crippen LogP contribution in [0.5, 0.6) is 0 Å². The van der Waals surface area contributed by atoms with E-state index in [1.54, 1.807) is 7.11 Å². The zero-order valence-corrected chi connectivity index (χ0v) is 12.4. The molecule has 0 aromatic heterocycles.